The Balaban J connectivity index is 2.36. The summed E-state index contributed by atoms with van der Waals surface area (Å²) < 4.78 is 0. The lowest BCUT2D eigenvalue weighted by atomic mass is 10.2. The van der Waals surface area contributed by atoms with E-state index in [9.17, 15) is 4.79 Å². The van der Waals surface area contributed by atoms with Crippen molar-refractivity contribution in [3.8, 4) is 0 Å². The lowest BCUT2D eigenvalue weighted by Crippen LogP contribution is -2.45. The third-order valence-corrected chi connectivity index (χ3v) is 2.50. The summed E-state index contributed by atoms with van der Waals surface area (Å²) >= 11 is 0. The molecule has 3 heteroatoms. The Morgan fingerprint density at radius 2 is 1.77 bits per heavy atom. The van der Waals surface area contributed by atoms with Crippen molar-refractivity contribution in [3.05, 3.63) is 0 Å². The van der Waals surface area contributed by atoms with Crippen molar-refractivity contribution in [2.75, 3.05) is 13.1 Å². The highest BCUT2D eigenvalue weighted by atomic mass is 16.2. The predicted molar refractivity (Wildman–Crippen MR) is 53.5 cm³/mol. The fraction of sp³-hybridized carbons (Fsp3) is 0.900. The van der Waals surface area contributed by atoms with Crippen LogP contribution in [0.4, 0.5) is 0 Å². The normalized spacial score (nSPS) is 20.6. The first-order valence-corrected chi connectivity index (χ1v) is 5.15. The third kappa shape index (κ3) is 2.99. The molecule has 0 radical (unpaired) electrons. The van der Waals surface area contributed by atoms with Gasteiger partial charge in [-0.05, 0) is 46.7 Å². The van der Waals surface area contributed by atoms with E-state index in [1.165, 1.54) is 12.8 Å². The average molecular weight is 184 g/mol. The van der Waals surface area contributed by atoms with E-state index in [0.717, 1.165) is 13.1 Å². The Kier molecular flexibility index (Phi) is 3.72. The zero-order chi connectivity index (χ0) is 9.84. The fourth-order valence-electron chi connectivity index (χ4n) is 1.70. The molecule has 1 saturated heterocycles. The van der Waals surface area contributed by atoms with Gasteiger partial charge in [0, 0.05) is 6.04 Å². The van der Waals surface area contributed by atoms with Crippen LogP contribution < -0.4 is 5.32 Å². The third-order valence-electron chi connectivity index (χ3n) is 2.50. The Morgan fingerprint density at radius 3 is 2.23 bits per heavy atom. The number of amides is 1. The van der Waals surface area contributed by atoms with Gasteiger partial charge in [-0.3, -0.25) is 9.69 Å². The molecule has 1 N–H and O–H groups in total. The van der Waals surface area contributed by atoms with Gasteiger partial charge < -0.3 is 5.32 Å². The van der Waals surface area contributed by atoms with Gasteiger partial charge in [-0.25, -0.2) is 0 Å². The molecule has 13 heavy (non-hydrogen) atoms. The van der Waals surface area contributed by atoms with Gasteiger partial charge in [0.15, 0.2) is 0 Å². The van der Waals surface area contributed by atoms with E-state index >= 15 is 0 Å². The lowest BCUT2D eigenvalue weighted by molar-refractivity contribution is -0.126. The van der Waals surface area contributed by atoms with Gasteiger partial charge >= 0.3 is 0 Å². The van der Waals surface area contributed by atoms with E-state index in [1.807, 2.05) is 20.8 Å². The Bertz CT molecular complexity index is 174. The molecule has 0 aromatic rings. The molecule has 1 unspecified atom stereocenters. The smallest absolute Gasteiger partial charge is 0.237 e. The van der Waals surface area contributed by atoms with Crippen molar-refractivity contribution >= 4 is 5.91 Å². The number of rotatable bonds is 3. The van der Waals surface area contributed by atoms with Crippen LogP contribution in [-0.4, -0.2) is 36.0 Å². The van der Waals surface area contributed by atoms with Crippen LogP contribution in [-0.2, 0) is 4.79 Å². The van der Waals surface area contributed by atoms with Gasteiger partial charge in [0.25, 0.3) is 0 Å². The van der Waals surface area contributed by atoms with Crippen LogP contribution in [0.2, 0.25) is 0 Å². The molecule has 1 aliphatic rings. The summed E-state index contributed by atoms with van der Waals surface area (Å²) in [6, 6.07) is 0.294. The highest BCUT2D eigenvalue weighted by Crippen LogP contribution is 2.11. The molecule has 1 aliphatic heterocycles. The summed E-state index contributed by atoms with van der Waals surface area (Å²) in [5, 5.41) is 2.94. The average Bonchev–Trinajstić information content (AvgIpc) is 2.53. The molecule has 1 fully saturated rings. The zero-order valence-electron chi connectivity index (χ0n) is 8.84. The number of hydrogen-bond donors (Lipinski definition) is 1. The highest BCUT2D eigenvalue weighted by Gasteiger charge is 2.23. The summed E-state index contributed by atoms with van der Waals surface area (Å²) in [6.07, 6.45) is 2.47. The van der Waals surface area contributed by atoms with Gasteiger partial charge in [0.2, 0.25) is 5.91 Å². The summed E-state index contributed by atoms with van der Waals surface area (Å²) in [4.78, 5) is 13.8. The summed E-state index contributed by atoms with van der Waals surface area (Å²) in [7, 11) is 0. The van der Waals surface area contributed by atoms with Crippen molar-refractivity contribution in [2.24, 2.45) is 0 Å². The maximum Gasteiger partial charge on any atom is 0.237 e. The monoisotopic (exact) mass is 184 g/mol. The summed E-state index contributed by atoms with van der Waals surface area (Å²) in [5.41, 5.74) is 0. The minimum atomic E-state index is 0.0462. The molecule has 1 rings (SSSR count). The highest BCUT2D eigenvalue weighted by molar-refractivity contribution is 5.81. The van der Waals surface area contributed by atoms with E-state index < -0.39 is 0 Å². The number of carbonyl (C=O) groups is 1. The van der Waals surface area contributed by atoms with Crippen molar-refractivity contribution in [2.45, 2.75) is 45.7 Å². The van der Waals surface area contributed by atoms with Gasteiger partial charge in [0.05, 0.1) is 6.04 Å². The van der Waals surface area contributed by atoms with E-state index in [1.54, 1.807) is 0 Å². The Hall–Kier alpha value is -0.570. The maximum atomic E-state index is 11.6. The minimum Gasteiger partial charge on any atom is -0.353 e. The number of likely N-dealkylation sites (tertiary alicyclic amines) is 1. The summed E-state index contributed by atoms with van der Waals surface area (Å²) in [5.74, 6) is 0.164. The molecule has 0 aromatic carbocycles. The number of hydrogen-bond acceptors (Lipinski definition) is 2. The lowest BCUT2D eigenvalue weighted by Gasteiger charge is -2.23. The Labute approximate surface area is 80.5 Å². The van der Waals surface area contributed by atoms with Crippen LogP contribution in [0.1, 0.15) is 33.6 Å². The van der Waals surface area contributed by atoms with Crippen LogP contribution in [0.5, 0.6) is 0 Å². The number of nitrogens with zero attached hydrogens (tertiary/aromatic N) is 1. The molecule has 1 heterocycles. The van der Waals surface area contributed by atoms with E-state index in [-0.39, 0.29) is 18.0 Å². The maximum absolute atomic E-state index is 11.6. The van der Waals surface area contributed by atoms with Crippen LogP contribution in [0, 0.1) is 0 Å². The standard InChI is InChI=1S/C10H20N2O/c1-8(2)11-10(13)9(3)12-6-4-5-7-12/h8-9H,4-7H2,1-3H3,(H,11,13). The molecule has 76 valence electrons. The van der Waals surface area contributed by atoms with Gasteiger partial charge in [-0.1, -0.05) is 0 Å². The van der Waals surface area contributed by atoms with E-state index in [2.05, 4.69) is 10.2 Å². The van der Waals surface area contributed by atoms with Gasteiger partial charge in [-0.2, -0.15) is 0 Å². The topological polar surface area (TPSA) is 32.3 Å². The second-order valence-corrected chi connectivity index (χ2v) is 4.08. The molecule has 1 atom stereocenters. The molecule has 3 nitrogen and oxygen atoms in total. The van der Waals surface area contributed by atoms with Crippen LogP contribution >= 0.6 is 0 Å². The van der Waals surface area contributed by atoms with Crippen molar-refractivity contribution < 1.29 is 4.79 Å². The van der Waals surface area contributed by atoms with Crippen LogP contribution in [0.25, 0.3) is 0 Å². The zero-order valence-corrected chi connectivity index (χ0v) is 8.84. The molecule has 0 aliphatic carbocycles. The van der Waals surface area contributed by atoms with Crippen LogP contribution in [0.15, 0.2) is 0 Å². The molecule has 0 saturated carbocycles. The largest absolute Gasteiger partial charge is 0.353 e. The second-order valence-electron chi connectivity index (χ2n) is 4.08. The quantitative estimate of drug-likeness (QED) is 0.709. The first-order chi connectivity index (χ1) is 6.11. The SMILES string of the molecule is CC(C)NC(=O)C(C)N1CCCC1. The predicted octanol–water partition coefficient (Wildman–Crippen LogP) is 0.995. The minimum absolute atomic E-state index is 0.0462. The molecular formula is C10H20N2O. The van der Waals surface area contributed by atoms with Crippen molar-refractivity contribution in [3.63, 3.8) is 0 Å². The van der Waals surface area contributed by atoms with Gasteiger partial charge in [-0.15, -0.1) is 0 Å². The summed E-state index contributed by atoms with van der Waals surface area (Å²) in [6.45, 7) is 8.13. The molecule has 1 amide bonds. The molecular weight excluding hydrogens is 164 g/mol. The van der Waals surface area contributed by atoms with Crippen LogP contribution in [0.3, 0.4) is 0 Å². The van der Waals surface area contributed by atoms with E-state index in [4.69, 9.17) is 0 Å². The first kappa shape index (κ1) is 10.5. The van der Waals surface area contributed by atoms with Crippen molar-refractivity contribution in [1.29, 1.82) is 0 Å². The Morgan fingerprint density at radius 1 is 1.23 bits per heavy atom. The number of nitrogens with one attached hydrogen (secondary N) is 1. The molecule has 0 spiro atoms. The van der Waals surface area contributed by atoms with E-state index in [0.29, 0.717) is 0 Å². The first-order valence-electron chi connectivity index (χ1n) is 5.15. The second kappa shape index (κ2) is 4.61. The van der Waals surface area contributed by atoms with Crippen molar-refractivity contribution in [1.82, 2.24) is 10.2 Å². The van der Waals surface area contributed by atoms with Gasteiger partial charge in [0.1, 0.15) is 0 Å². The fourth-order valence-corrected chi connectivity index (χ4v) is 1.70. The molecule has 0 aromatic heterocycles. The number of carbonyl (C=O) groups excluding carboxylic acids is 1. The molecule has 0 bridgehead atoms.